The van der Waals surface area contributed by atoms with Crippen molar-refractivity contribution in [1.29, 1.82) is 0 Å². The predicted molar refractivity (Wildman–Crippen MR) is 89.3 cm³/mol. The maximum absolute atomic E-state index is 12.8. The van der Waals surface area contributed by atoms with Gasteiger partial charge in [-0.25, -0.2) is 0 Å². The minimum absolute atomic E-state index is 0.0649. The zero-order valence-electron chi connectivity index (χ0n) is 13.3. The Morgan fingerprint density at radius 2 is 2.18 bits per heavy atom. The highest BCUT2D eigenvalue weighted by Gasteiger charge is 2.34. The van der Waals surface area contributed by atoms with Crippen LogP contribution >= 0.6 is 11.8 Å². The summed E-state index contributed by atoms with van der Waals surface area (Å²) in [6.45, 7) is 6.51. The Kier molecular flexibility index (Phi) is 5.06. The fourth-order valence-corrected chi connectivity index (χ4v) is 4.54. The number of hydrogen-bond acceptors (Lipinski definition) is 4. The van der Waals surface area contributed by atoms with Gasteiger partial charge in [-0.1, -0.05) is 18.2 Å². The molecule has 4 nitrogen and oxygen atoms in total. The molecule has 3 rings (SSSR count). The van der Waals surface area contributed by atoms with E-state index in [1.54, 1.807) is 18.9 Å². The van der Waals surface area contributed by atoms with E-state index >= 15 is 0 Å². The number of carbonyl (C=O) groups excluding carboxylic acids is 1. The molecule has 1 fully saturated rings. The van der Waals surface area contributed by atoms with E-state index in [0.29, 0.717) is 11.9 Å². The van der Waals surface area contributed by atoms with E-state index in [0.717, 1.165) is 39.2 Å². The summed E-state index contributed by atoms with van der Waals surface area (Å²) in [6, 6.07) is 8.78. The Hall–Kier alpha value is -1.04. The van der Waals surface area contributed by atoms with Gasteiger partial charge in [0.15, 0.2) is 0 Å². The van der Waals surface area contributed by atoms with Crippen LogP contribution in [0.2, 0.25) is 0 Å². The summed E-state index contributed by atoms with van der Waals surface area (Å²) in [6.07, 6.45) is 0.873. The van der Waals surface area contributed by atoms with Crippen LogP contribution in [0.3, 0.4) is 0 Å². The standard InChI is InChI=1S/C17H24N2O2S/c1-13-12-19(8-7-18(13)9-10-21-2)17(20)16-11-14-5-3-4-6-15(14)22-16/h3-6,13,16H,7-12H2,1-2H3. The molecule has 1 aromatic carbocycles. The molecule has 2 aliphatic heterocycles. The van der Waals surface area contributed by atoms with Crippen molar-refractivity contribution in [2.75, 3.05) is 39.9 Å². The first-order valence-electron chi connectivity index (χ1n) is 7.95. The number of rotatable bonds is 4. The minimum atomic E-state index is 0.0649. The van der Waals surface area contributed by atoms with Crippen LogP contribution in [-0.4, -0.2) is 66.9 Å². The average Bonchev–Trinajstić information content (AvgIpc) is 2.97. The summed E-state index contributed by atoms with van der Waals surface area (Å²) in [5, 5.41) is 0.0649. The number of amides is 1. The number of fused-ring (bicyclic) bond motifs is 1. The van der Waals surface area contributed by atoms with Crippen molar-refractivity contribution in [2.24, 2.45) is 0 Å². The van der Waals surface area contributed by atoms with E-state index in [-0.39, 0.29) is 5.25 Å². The number of ether oxygens (including phenoxy) is 1. The number of hydrogen-bond donors (Lipinski definition) is 0. The van der Waals surface area contributed by atoms with Gasteiger partial charge in [-0.3, -0.25) is 9.69 Å². The smallest absolute Gasteiger partial charge is 0.236 e. The van der Waals surface area contributed by atoms with E-state index < -0.39 is 0 Å². The molecule has 2 aliphatic rings. The van der Waals surface area contributed by atoms with E-state index in [1.165, 1.54) is 10.5 Å². The van der Waals surface area contributed by atoms with Gasteiger partial charge in [0.1, 0.15) is 0 Å². The highest BCUT2D eigenvalue weighted by molar-refractivity contribution is 8.01. The van der Waals surface area contributed by atoms with Crippen LogP contribution in [0.1, 0.15) is 12.5 Å². The van der Waals surface area contributed by atoms with Gasteiger partial charge in [0, 0.05) is 44.2 Å². The monoisotopic (exact) mass is 320 g/mol. The zero-order valence-corrected chi connectivity index (χ0v) is 14.1. The summed E-state index contributed by atoms with van der Waals surface area (Å²) < 4.78 is 5.16. The fourth-order valence-electron chi connectivity index (χ4n) is 3.26. The molecule has 0 spiro atoms. The predicted octanol–water partition coefficient (Wildman–Crippen LogP) is 1.88. The van der Waals surface area contributed by atoms with Crippen molar-refractivity contribution >= 4 is 17.7 Å². The lowest BCUT2D eigenvalue weighted by atomic mass is 10.1. The van der Waals surface area contributed by atoms with Gasteiger partial charge in [-0.05, 0) is 25.0 Å². The topological polar surface area (TPSA) is 32.8 Å². The Morgan fingerprint density at radius 3 is 2.91 bits per heavy atom. The maximum Gasteiger partial charge on any atom is 0.236 e. The van der Waals surface area contributed by atoms with E-state index in [4.69, 9.17) is 4.74 Å². The molecule has 0 aromatic heterocycles. The molecule has 22 heavy (non-hydrogen) atoms. The van der Waals surface area contributed by atoms with Gasteiger partial charge in [-0.15, -0.1) is 11.8 Å². The van der Waals surface area contributed by atoms with E-state index in [2.05, 4.69) is 41.0 Å². The van der Waals surface area contributed by atoms with Crippen LogP contribution in [0.5, 0.6) is 0 Å². The van der Waals surface area contributed by atoms with Gasteiger partial charge in [0.25, 0.3) is 0 Å². The molecule has 0 bridgehead atoms. The average molecular weight is 320 g/mol. The lowest BCUT2D eigenvalue weighted by molar-refractivity contribution is -0.133. The summed E-state index contributed by atoms with van der Waals surface area (Å²) in [4.78, 5) is 18.5. The second-order valence-corrected chi connectivity index (χ2v) is 7.32. The van der Waals surface area contributed by atoms with Crippen molar-refractivity contribution in [3.8, 4) is 0 Å². The summed E-state index contributed by atoms with van der Waals surface area (Å²) in [5.74, 6) is 0.305. The van der Waals surface area contributed by atoms with Crippen molar-refractivity contribution in [3.63, 3.8) is 0 Å². The zero-order chi connectivity index (χ0) is 15.5. The number of benzene rings is 1. The third-order valence-corrected chi connectivity index (χ3v) is 5.89. The molecule has 2 heterocycles. The van der Waals surface area contributed by atoms with Gasteiger partial charge in [-0.2, -0.15) is 0 Å². The molecule has 0 saturated carbocycles. The lowest BCUT2D eigenvalue weighted by Crippen LogP contribution is -2.55. The molecule has 1 saturated heterocycles. The van der Waals surface area contributed by atoms with Crippen molar-refractivity contribution in [3.05, 3.63) is 29.8 Å². The van der Waals surface area contributed by atoms with Crippen molar-refractivity contribution in [1.82, 2.24) is 9.80 Å². The summed E-state index contributed by atoms with van der Waals surface area (Å²) >= 11 is 1.73. The first-order chi connectivity index (χ1) is 10.7. The lowest BCUT2D eigenvalue weighted by Gasteiger charge is -2.40. The molecule has 0 radical (unpaired) electrons. The second kappa shape index (κ2) is 7.02. The number of nitrogens with zero attached hydrogens (tertiary/aromatic N) is 2. The van der Waals surface area contributed by atoms with Gasteiger partial charge in [0.2, 0.25) is 5.91 Å². The molecule has 0 aliphatic carbocycles. The Morgan fingerprint density at radius 1 is 1.36 bits per heavy atom. The Labute approximate surface area is 136 Å². The van der Waals surface area contributed by atoms with Crippen LogP contribution < -0.4 is 0 Å². The molecule has 0 N–H and O–H groups in total. The van der Waals surface area contributed by atoms with Crippen molar-refractivity contribution < 1.29 is 9.53 Å². The largest absolute Gasteiger partial charge is 0.383 e. The normalized spacial score (nSPS) is 25.3. The summed E-state index contributed by atoms with van der Waals surface area (Å²) in [5.41, 5.74) is 1.32. The van der Waals surface area contributed by atoms with Gasteiger partial charge >= 0.3 is 0 Å². The highest BCUT2D eigenvalue weighted by atomic mass is 32.2. The fraction of sp³-hybridized carbons (Fsp3) is 0.588. The van der Waals surface area contributed by atoms with Gasteiger partial charge in [0.05, 0.1) is 11.9 Å². The molecule has 1 amide bonds. The van der Waals surface area contributed by atoms with E-state index in [1.807, 2.05) is 0 Å². The van der Waals surface area contributed by atoms with Crippen LogP contribution in [0.25, 0.3) is 0 Å². The number of thioether (sulfide) groups is 1. The SMILES string of the molecule is COCCN1CCN(C(=O)C2Cc3ccccc3S2)CC1C. The number of carbonyl (C=O) groups is 1. The van der Waals surface area contributed by atoms with E-state index in [9.17, 15) is 4.79 Å². The first kappa shape index (κ1) is 15.8. The quantitative estimate of drug-likeness (QED) is 0.848. The first-order valence-corrected chi connectivity index (χ1v) is 8.83. The molecule has 2 unspecified atom stereocenters. The second-order valence-electron chi connectivity index (χ2n) is 6.08. The Bertz CT molecular complexity index is 512. The van der Waals surface area contributed by atoms with Crippen LogP contribution in [-0.2, 0) is 16.0 Å². The molecule has 2 atom stereocenters. The molecule has 5 heteroatoms. The van der Waals surface area contributed by atoms with Crippen LogP contribution in [0.15, 0.2) is 29.2 Å². The third kappa shape index (κ3) is 3.31. The molecular formula is C17H24N2O2S. The van der Waals surface area contributed by atoms with Crippen molar-refractivity contribution in [2.45, 2.75) is 29.5 Å². The number of methoxy groups -OCH3 is 1. The minimum Gasteiger partial charge on any atom is -0.383 e. The highest BCUT2D eigenvalue weighted by Crippen LogP contribution is 2.37. The Balaban J connectivity index is 1.56. The molecular weight excluding hydrogens is 296 g/mol. The van der Waals surface area contributed by atoms with Gasteiger partial charge < -0.3 is 9.64 Å². The summed E-state index contributed by atoms with van der Waals surface area (Å²) in [7, 11) is 1.74. The number of piperazine rings is 1. The van der Waals surface area contributed by atoms with Crippen LogP contribution in [0.4, 0.5) is 0 Å². The maximum atomic E-state index is 12.8. The molecule has 120 valence electrons. The molecule has 1 aromatic rings. The third-order valence-electron chi connectivity index (χ3n) is 4.58. The van der Waals surface area contributed by atoms with Crippen LogP contribution in [0, 0.1) is 0 Å².